The molecule has 170 valence electrons. The van der Waals surface area contributed by atoms with Crippen LogP contribution in [0.5, 0.6) is 0 Å². The third kappa shape index (κ3) is 8.97. The highest BCUT2D eigenvalue weighted by atomic mass is 19.1. The maximum Gasteiger partial charge on any atom is 0.123 e. The van der Waals surface area contributed by atoms with Crippen molar-refractivity contribution in [1.29, 1.82) is 0 Å². The molecular weight excluding hydrogens is 385 g/mol. The number of rotatable bonds is 14. The van der Waals surface area contributed by atoms with Crippen LogP contribution in [0, 0.1) is 5.82 Å². The molecule has 1 atom stereocenters. The van der Waals surface area contributed by atoms with Crippen LogP contribution in [0.25, 0.3) is 0 Å². The van der Waals surface area contributed by atoms with Crippen molar-refractivity contribution in [3.8, 4) is 0 Å². The van der Waals surface area contributed by atoms with E-state index < -0.39 is 0 Å². The Kier molecular flexibility index (Phi) is 11.7. The van der Waals surface area contributed by atoms with Crippen molar-refractivity contribution in [2.45, 2.75) is 52.6 Å². The third-order valence-electron chi connectivity index (χ3n) is 5.49. The Morgan fingerprint density at radius 1 is 1.13 bits per heavy atom. The Bertz CT molecular complexity index is 787. The highest BCUT2D eigenvalue weighted by molar-refractivity contribution is 5.33. The van der Waals surface area contributed by atoms with Crippen molar-refractivity contribution < 1.29 is 4.39 Å². The fourth-order valence-electron chi connectivity index (χ4n) is 3.27. The lowest BCUT2D eigenvalue weighted by Gasteiger charge is -2.32. The number of nitrogens with one attached hydrogen (secondary N) is 1. The number of hydrogen-bond donors (Lipinski definition) is 1. The van der Waals surface area contributed by atoms with Crippen LogP contribution in [0.15, 0.2) is 84.9 Å². The fourth-order valence-corrected chi connectivity index (χ4v) is 3.27. The number of hydrogen-bond acceptors (Lipinski definition) is 3. The number of nitrogens with zero attached hydrogens (tertiary/aromatic N) is 2. The smallest absolute Gasteiger partial charge is 0.123 e. The summed E-state index contributed by atoms with van der Waals surface area (Å²) in [6, 6.07) is 6.92. The van der Waals surface area contributed by atoms with E-state index in [9.17, 15) is 4.39 Å². The molecule has 1 unspecified atom stereocenters. The van der Waals surface area contributed by atoms with Gasteiger partial charge >= 0.3 is 0 Å². The normalized spacial score (nSPS) is 13.5. The van der Waals surface area contributed by atoms with Gasteiger partial charge in [-0.05, 0) is 69.3 Å². The van der Waals surface area contributed by atoms with Gasteiger partial charge in [0.15, 0.2) is 0 Å². The molecule has 0 fully saturated rings. The van der Waals surface area contributed by atoms with Crippen molar-refractivity contribution in [2.24, 2.45) is 0 Å². The molecule has 0 radical (unpaired) electrons. The molecule has 0 saturated heterocycles. The van der Waals surface area contributed by atoms with E-state index in [1.54, 1.807) is 12.1 Å². The topological polar surface area (TPSA) is 18.5 Å². The molecule has 0 aliphatic carbocycles. The van der Waals surface area contributed by atoms with Crippen LogP contribution < -0.4 is 5.32 Å². The summed E-state index contributed by atoms with van der Waals surface area (Å²) in [7, 11) is 4.27. The van der Waals surface area contributed by atoms with Crippen LogP contribution in [0.3, 0.4) is 0 Å². The van der Waals surface area contributed by atoms with Gasteiger partial charge in [-0.3, -0.25) is 0 Å². The molecule has 0 spiro atoms. The Labute approximate surface area is 189 Å². The summed E-state index contributed by atoms with van der Waals surface area (Å²) in [5.74, 6) is -0.228. The Hall–Kier alpha value is -2.59. The zero-order valence-electron chi connectivity index (χ0n) is 20.0. The lowest BCUT2D eigenvalue weighted by atomic mass is 10.1. The van der Waals surface area contributed by atoms with Gasteiger partial charge < -0.3 is 15.1 Å². The molecule has 31 heavy (non-hydrogen) atoms. The average Bonchev–Trinajstić information content (AvgIpc) is 2.75. The second-order valence-electron chi connectivity index (χ2n) is 8.16. The first-order valence-corrected chi connectivity index (χ1v) is 11.0. The monoisotopic (exact) mass is 425 g/mol. The van der Waals surface area contributed by atoms with Crippen molar-refractivity contribution in [1.82, 2.24) is 15.1 Å². The number of allylic oxidation sites excluding steroid dienone is 4. The van der Waals surface area contributed by atoms with Gasteiger partial charge in [0, 0.05) is 36.7 Å². The van der Waals surface area contributed by atoms with E-state index in [1.807, 2.05) is 19.1 Å². The Morgan fingerprint density at radius 2 is 1.77 bits per heavy atom. The number of unbranched alkanes of at least 4 members (excludes halogenated alkanes) is 1. The minimum atomic E-state index is -0.228. The number of likely N-dealkylation sites (N-methyl/N-ethyl adjacent to an activating group) is 1. The minimum absolute atomic E-state index is 0.228. The first kappa shape index (κ1) is 26.4. The molecule has 0 saturated carbocycles. The molecule has 1 aromatic rings. The lowest BCUT2D eigenvalue weighted by molar-refractivity contribution is 0.229. The second-order valence-corrected chi connectivity index (χ2v) is 8.16. The van der Waals surface area contributed by atoms with Crippen LogP contribution in [-0.4, -0.2) is 36.5 Å². The van der Waals surface area contributed by atoms with E-state index in [-0.39, 0.29) is 5.82 Å². The van der Waals surface area contributed by atoms with E-state index in [0.29, 0.717) is 12.6 Å². The van der Waals surface area contributed by atoms with Gasteiger partial charge in [-0.25, -0.2) is 4.39 Å². The molecule has 0 aliphatic heterocycles. The molecule has 0 aromatic heterocycles. The molecule has 0 bridgehead atoms. The fraction of sp³-hybridized carbons (Fsp3) is 0.407. The van der Waals surface area contributed by atoms with Crippen LogP contribution >= 0.6 is 0 Å². The Morgan fingerprint density at radius 3 is 2.29 bits per heavy atom. The van der Waals surface area contributed by atoms with Crippen LogP contribution in [0.2, 0.25) is 0 Å². The molecule has 3 nitrogen and oxygen atoms in total. The SMILES string of the molecule is C=C/C(C)=C(/C=C)N(/C=C(\C)C(=C)NCc1ccc(F)cc1)CC(CCCC)N(C)C. The van der Waals surface area contributed by atoms with E-state index in [1.165, 1.54) is 25.0 Å². The quantitative estimate of drug-likeness (QED) is 0.348. The first-order chi connectivity index (χ1) is 14.7. The molecule has 1 aromatic carbocycles. The standard InChI is InChI=1S/C27H40FN3/c1-9-12-13-26(30(7)8)20-31(27(11-3)21(4)10-2)19-22(5)23(6)29-18-24-14-16-25(28)17-15-24/h10-11,14-17,19,26,29H,2-3,6,9,12-13,18,20H2,1,4-5,7-8H3/b22-19+,27-21-. The molecular formula is C27H40FN3. The molecule has 1 rings (SSSR count). The predicted octanol–water partition coefficient (Wildman–Crippen LogP) is 6.40. The van der Waals surface area contributed by atoms with E-state index >= 15 is 0 Å². The highest BCUT2D eigenvalue weighted by Gasteiger charge is 2.17. The van der Waals surface area contributed by atoms with Crippen molar-refractivity contribution in [3.05, 3.63) is 96.3 Å². The van der Waals surface area contributed by atoms with Crippen molar-refractivity contribution >= 4 is 0 Å². The van der Waals surface area contributed by atoms with Gasteiger partial charge in [0.1, 0.15) is 5.82 Å². The third-order valence-corrected chi connectivity index (χ3v) is 5.49. The average molecular weight is 426 g/mol. The lowest BCUT2D eigenvalue weighted by Crippen LogP contribution is -2.38. The van der Waals surface area contributed by atoms with Crippen LogP contribution in [0.4, 0.5) is 4.39 Å². The van der Waals surface area contributed by atoms with Crippen LogP contribution in [0.1, 0.15) is 45.6 Å². The maximum absolute atomic E-state index is 13.1. The second kappa shape index (κ2) is 13.7. The van der Waals surface area contributed by atoms with Crippen molar-refractivity contribution in [3.63, 3.8) is 0 Å². The number of halogens is 1. The maximum atomic E-state index is 13.1. The summed E-state index contributed by atoms with van der Waals surface area (Å²) in [6.45, 7) is 20.0. The molecule has 4 heteroatoms. The zero-order valence-corrected chi connectivity index (χ0v) is 20.0. The zero-order chi connectivity index (χ0) is 23.4. The molecule has 1 N–H and O–H groups in total. The van der Waals surface area contributed by atoms with Crippen LogP contribution in [-0.2, 0) is 6.54 Å². The minimum Gasteiger partial charge on any atom is -0.381 e. The highest BCUT2D eigenvalue weighted by Crippen LogP contribution is 2.20. The van der Waals surface area contributed by atoms with Gasteiger partial charge in [-0.1, -0.05) is 57.7 Å². The van der Waals surface area contributed by atoms with Crippen molar-refractivity contribution in [2.75, 3.05) is 20.6 Å². The molecule has 0 heterocycles. The summed E-state index contributed by atoms with van der Waals surface area (Å²) in [4.78, 5) is 4.54. The summed E-state index contributed by atoms with van der Waals surface area (Å²) < 4.78 is 13.1. The van der Waals surface area contributed by atoms with Gasteiger partial charge in [-0.15, -0.1) is 0 Å². The summed E-state index contributed by atoms with van der Waals surface area (Å²) in [5.41, 5.74) is 5.00. The summed E-state index contributed by atoms with van der Waals surface area (Å²) in [6.07, 6.45) is 9.40. The Balaban J connectivity index is 3.07. The van der Waals surface area contributed by atoms with Gasteiger partial charge in [0.05, 0.1) is 0 Å². The van der Waals surface area contributed by atoms with E-state index in [4.69, 9.17) is 0 Å². The van der Waals surface area contributed by atoms with E-state index in [0.717, 1.165) is 41.1 Å². The largest absolute Gasteiger partial charge is 0.381 e. The van der Waals surface area contributed by atoms with Gasteiger partial charge in [0.25, 0.3) is 0 Å². The molecule has 0 aliphatic rings. The predicted molar refractivity (Wildman–Crippen MR) is 133 cm³/mol. The summed E-state index contributed by atoms with van der Waals surface area (Å²) >= 11 is 0. The van der Waals surface area contributed by atoms with Gasteiger partial charge in [0.2, 0.25) is 0 Å². The number of benzene rings is 1. The molecule has 0 amide bonds. The van der Waals surface area contributed by atoms with Gasteiger partial charge in [-0.2, -0.15) is 0 Å². The first-order valence-electron chi connectivity index (χ1n) is 11.0. The summed E-state index contributed by atoms with van der Waals surface area (Å²) in [5, 5.41) is 3.35. The van der Waals surface area contributed by atoms with E-state index in [2.05, 4.69) is 69.0 Å².